The van der Waals surface area contributed by atoms with Crippen molar-refractivity contribution in [1.82, 2.24) is 14.5 Å². The summed E-state index contributed by atoms with van der Waals surface area (Å²) in [6.07, 6.45) is 8.20. The molecule has 0 saturated heterocycles. The molecule has 1 fully saturated rings. The van der Waals surface area contributed by atoms with Gasteiger partial charge in [-0.25, -0.2) is 9.97 Å². The summed E-state index contributed by atoms with van der Waals surface area (Å²) in [4.78, 5) is 9.31. The number of aromatic nitrogens is 3. The molecule has 1 saturated carbocycles. The molecule has 6 nitrogen and oxygen atoms in total. The molecule has 0 unspecified atom stereocenters. The first-order chi connectivity index (χ1) is 14.2. The number of fused-ring (bicyclic) bond motifs is 2. The summed E-state index contributed by atoms with van der Waals surface area (Å²) >= 11 is 0. The summed E-state index contributed by atoms with van der Waals surface area (Å²) in [6.45, 7) is 2.47. The van der Waals surface area contributed by atoms with Crippen molar-refractivity contribution >= 4 is 27.5 Å². The van der Waals surface area contributed by atoms with Crippen LogP contribution in [0.25, 0.3) is 32.9 Å². The van der Waals surface area contributed by atoms with Gasteiger partial charge in [0.1, 0.15) is 0 Å². The Morgan fingerprint density at radius 1 is 1.17 bits per heavy atom. The first-order valence-corrected chi connectivity index (χ1v) is 10.2. The third-order valence-corrected chi connectivity index (χ3v) is 5.87. The molecule has 0 atom stereocenters. The van der Waals surface area contributed by atoms with Crippen molar-refractivity contribution in [3.8, 4) is 22.9 Å². The number of pyridine rings is 2. The van der Waals surface area contributed by atoms with E-state index < -0.39 is 0 Å². The quantitative estimate of drug-likeness (QED) is 0.511. The van der Waals surface area contributed by atoms with Crippen LogP contribution in [0.1, 0.15) is 38.6 Å². The van der Waals surface area contributed by atoms with Gasteiger partial charge in [0.2, 0.25) is 11.8 Å². The molecule has 3 aromatic heterocycles. The topological polar surface area (TPSA) is 86.2 Å². The second-order valence-corrected chi connectivity index (χ2v) is 7.57. The van der Waals surface area contributed by atoms with Gasteiger partial charge in [0.05, 0.1) is 28.7 Å². The van der Waals surface area contributed by atoms with Gasteiger partial charge in [-0.15, -0.1) is 0 Å². The molecule has 0 spiro atoms. The lowest BCUT2D eigenvalue weighted by Gasteiger charge is -2.13. The van der Waals surface area contributed by atoms with E-state index in [4.69, 9.17) is 15.5 Å². The van der Waals surface area contributed by atoms with Crippen LogP contribution in [0.2, 0.25) is 0 Å². The summed E-state index contributed by atoms with van der Waals surface area (Å²) in [5.74, 6) is 0.801. The van der Waals surface area contributed by atoms with E-state index in [0.717, 1.165) is 34.9 Å². The molecule has 1 aliphatic carbocycles. The lowest BCUT2D eigenvalue weighted by molar-refractivity contribution is 0.328. The number of nitrogens with two attached hydrogens (primary N) is 1. The number of rotatable bonds is 4. The van der Waals surface area contributed by atoms with Gasteiger partial charge >= 0.3 is 0 Å². The lowest BCUT2D eigenvalue weighted by Crippen LogP contribution is -2.01. The largest absolute Gasteiger partial charge is 0.494 e. The number of anilines is 1. The fourth-order valence-electron chi connectivity index (χ4n) is 4.51. The van der Waals surface area contributed by atoms with Crippen molar-refractivity contribution in [3.05, 3.63) is 42.7 Å². The fourth-order valence-corrected chi connectivity index (χ4v) is 4.51. The van der Waals surface area contributed by atoms with Gasteiger partial charge in [-0.3, -0.25) is 0 Å². The minimum Gasteiger partial charge on any atom is -0.494 e. The monoisotopic (exact) mass is 388 g/mol. The summed E-state index contributed by atoms with van der Waals surface area (Å²) in [5.41, 5.74) is 10.4. The number of aromatic hydroxyl groups is 1. The summed E-state index contributed by atoms with van der Waals surface area (Å²) in [7, 11) is 0. The van der Waals surface area contributed by atoms with E-state index in [0.29, 0.717) is 35.1 Å². The van der Waals surface area contributed by atoms with Gasteiger partial charge in [0, 0.05) is 34.9 Å². The molecular weight excluding hydrogens is 364 g/mol. The summed E-state index contributed by atoms with van der Waals surface area (Å²) in [6, 6.07) is 10.1. The Bertz CT molecular complexity index is 1210. The van der Waals surface area contributed by atoms with Crippen molar-refractivity contribution in [2.45, 2.75) is 38.6 Å². The van der Waals surface area contributed by atoms with E-state index >= 15 is 0 Å². The Hall–Kier alpha value is -3.28. The van der Waals surface area contributed by atoms with Gasteiger partial charge in [-0.05, 0) is 31.9 Å². The zero-order chi connectivity index (χ0) is 20.0. The maximum absolute atomic E-state index is 10.9. The van der Waals surface area contributed by atoms with E-state index in [2.05, 4.69) is 4.98 Å². The molecular formula is C23H24N4O2. The predicted octanol–water partition coefficient (Wildman–Crippen LogP) is 5.05. The Morgan fingerprint density at radius 2 is 1.97 bits per heavy atom. The summed E-state index contributed by atoms with van der Waals surface area (Å²) < 4.78 is 7.69. The highest BCUT2D eigenvalue weighted by Crippen LogP contribution is 2.43. The van der Waals surface area contributed by atoms with E-state index in [1.165, 1.54) is 12.8 Å². The normalized spacial score (nSPS) is 14.8. The maximum atomic E-state index is 10.9. The van der Waals surface area contributed by atoms with Gasteiger partial charge < -0.3 is 20.1 Å². The highest BCUT2D eigenvalue weighted by atomic mass is 16.5. The zero-order valence-corrected chi connectivity index (χ0v) is 16.4. The van der Waals surface area contributed by atoms with Crippen LogP contribution in [0.15, 0.2) is 42.7 Å². The van der Waals surface area contributed by atoms with Gasteiger partial charge in [0.25, 0.3) is 0 Å². The fraction of sp³-hybridized carbons (Fsp3) is 0.304. The van der Waals surface area contributed by atoms with Crippen LogP contribution in [0, 0.1) is 0 Å². The molecule has 1 aliphatic rings. The molecule has 3 heterocycles. The van der Waals surface area contributed by atoms with Crippen molar-refractivity contribution in [3.63, 3.8) is 0 Å². The molecule has 1 aromatic carbocycles. The molecule has 0 amide bonds. The first kappa shape index (κ1) is 17.8. The average Bonchev–Trinajstić information content (AvgIpc) is 3.37. The molecule has 4 aromatic rings. The molecule has 29 heavy (non-hydrogen) atoms. The van der Waals surface area contributed by atoms with Crippen LogP contribution in [0.3, 0.4) is 0 Å². The number of para-hydroxylation sites is 1. The van der Waals surface area contributed by atoms with E-state index in [9.17, 15) is 5.11 Å². The van der Waals surface area contributed by atoms with Crippen molar-refractivity contribution < 1.29 is 9.84 Å². The maximum Gasteiger partial charge on any atom is 0.221 e. The number of hydrogen-bond acceptors (Lipinski definition) is 5. The number of hydrogen-bond donors (Lipinski definition) is 2. The number of nitrogen functional groups attached to an aromatic ring is 1. The third kappa shape index (κ3) is 2.78. The molecule has 0 radical (unpaired) electrons. The molecule has 0 bridgehead atoms. The Kier molecular flexibility index (Phi) is 4.27. The van der Waals surface area contributed by atoms with Crippen LogP contribution in [-0.2, 0) is 0 Å². The minimum atomic E-state index is 0.223. The van der Waals surface area contributed by atoms with Crippen LogP contribution in [0.5, 0.6) is 11.8 Å². The minimum absolute atomic E-state index is 0.223. The van der Waals surface area contributed by atoms with Crippen LogP contribution in [0.4, 0.5) is 5.69 Å². The average molecular weight is 388 g/mol. The van der Waals surface area contributed by atoms with Crippen molar-refractivity contribution in [2.24, 2.45) is 0 Å². The molecule has 148 valence electrons. The summed E-state index contributed by atoms with van der Waals surface area (Å²) in [5, 5.41) is 12.4. The Balaban J connectivity index is 1.77. The van der Waals surface area contributed by atoms with Crippen LogP contribution < -0.4 is 10.5 Å². The van der Waals surface area contributed by atoms with Crippen LogP contribution in [-0.4, -0.2) is 26.2 Å². The highest BCUT2D eigenvalue weighted by molar-refractivity contribution is 6.12. The SMILES string of the molecule is CCOc1ncccc1-c1cccc2c(N)c3c(O)n(C4CCCC4)cc3nc12. The van der Waals surface area contributed by atoms with E-state index in [1.807, 2.05) is 48.0 Å². The number of ether oxygens (including phenoxy) is 1. The van der Waals surface area contributed by atoms with Gasteiger partial charge in [-0.1, -0.05) is 31.0 Å². The molecule has 0 aliphatic heterocycles. The molecule has 3 N–H and O–H groups in total. The third-order valence-electron chi connectivity index (χ3n) is 5.87. The molecule has 6 heteroatoms. The second kappa shape index (κ2) is 6.95. The first-order valence-electron chi connectivity index (χ1n) is 10.2. The van der Waals surface area contributed by atoms with E-state index in [-0.39, 0.29) is 5.88 Å². The zero-order valence-electron chi connectivity index (χ0n) is 16.4. The standard InChI is InChI=1S/C23H24N4O2/c1-2-29-22-16(11-6-12-25-22)15-9-5-10-17-20(24)19-18(26-21(15)17)13-27(23(19)28)14-7-3-4-8-14/h5-6,9-14,28H,2-4,7-8,24H2,1H3. The van der Waals surface area contributed by atoms with Crippen molar-refractivity contribution in [1.29, 1.82) is 0 Å². The number of benzene rings is 1. The predicted molar refractivity (Wildman–Crippen MR) is 115 cm³/mol. The smallest absolute Gasteiger partial charge is 0.221 e. The Morgan fingerprint density at radius 3 is 2.76 bits per heavy atom. The van der Waals surface area contributed by atoms with Gasteiger partial charge in [0.15, 0.2) is 0 Å². The van der Waals surface area contributed by atoms with E-state index in [1.54, 1.807) is 6.20 Å². The van der Waals surface area contributed by atoms with Gasteiger partial charge in [-0.2, -0.15) is 0 Å². The highest BCUT2D eigenvalue weighted by Gasteiger charge is 2.24. The molecule has 5 rings (SSSR count). The second-order valence-electron chi connectivity index (χ2n) is 7.57. The van der Waals surface area contributed by atoms with Crippen LogP contribution >= 0.6 is 0 Å². The lowest BCUT2D eigenvalue weighted by atomic mass is 10.0. The van der Waals surface area contributed by atoms with Crippen molar-refractivity contribution in [2.75, 3.05) is 12.3 Å². The number of nitrogens with zero attached hydrogens (tertiary/aromatic N) is 3. The Labute approximate surface area is 169 Å².